The van der Waals surface area contributed by atoms with Crippen molar-refractivity contribution in [3.63, 3.8) is 0 Å². The summed E-state index contributed by atoms with van der Waals surface area (Å²) in [6, 6.07) is 16.8. The van der Waals surface area contributed by atoms with Crippen LogP contribution in [0.2, 0.25) is 0 Å². The third kappa shape index (κ3) is 4.24. The minimum Gasteiger partial charge on any atom is -0.301 e. The SMILES string of the molecule is c1ccc(CN2CCN(CCCc3nc4ccccn4n3)CC2)cc1. The maximum atomic E-state index is 4.58. The monoisotopic (exact) mass is 335 g/mol. The number of piperazine rings is 1. The molecule has 1 fully saturated rings. The average Bonchev–Trinajstić information content (AvgIpc) is 3.07. The van der Waals surface area contributed by atoms with Gasteiger partial charge in [0.15, 0.2) is 11.5 Å². The number of pyridine rings is 1. The summed E-state index contributed by atoms with van der Waals surface area (Å²) in [7, 11) is 0. The Balaban J connectivity index is 1.20. The van der Waals surface area contributed by atoms with Gasteiger partial charge in [-0.05, 0) is 30.7 Å². The number of rotatable bonds is 6. The van der Waals surface area contributed by atoms with E-state index in [9.17, 15) is 0 Å². The van der Waals surface area contributed by atoms with Gasteiger partial charge in [-0.3, -0.25) is 4.90 Å². The van der Waals surface area contributed by atoms with E-state index in [4.69, 9.17) is 0 Å². The lowest BCUT2D eigenvalue weighted by Crippen LogP contribution is -2.46. The largest absolute Gasteiger partial charge is 0.301 e. The average molecular weight is 335 g/mol. The summed E-state index contributed by atoms with van der Waals surface area (Å²) in [6.45, 7) is 6.83. The molecule has 0 unspecified atom stereocenters. The maximum absolute atomic E-state index is 4.58. The van der Waals surface area contributed by atoms with Crippen molar-refractivity contribution in [2.75, 3.05) is 32.7 Å². The van der Waals surface area contributed by atoms with Gasteiger partial charge in [-0.1, -0.05) is 36.4 Å². The Morgan fingerprint density at radius 1 is 0.840 bits per heavy atom. The molecule has 3 heterocycles. The Morgan fingerprint density at radius 3 is 2.40 bits per heavy atom. The van der Waals surface area contributed by atoms with E-state index in [0.717, 1.165) is 63.6 Å². The molecule has 3 aromatic rings. The van der Waals surface area contributed by atoms with Crippen LogP contribution in [-0.2, 0) is 13.0 Å². The van der Waals surface area contributed by atoms with E-state index in [1.54, 1.807) is 0 Å². The number of aromatic nitrogens is 3. The van der Waals surface area contributed by atoms with Crippen LogP contribution in [0.5, 0.6) is 0 Å². The standard InChI is InChI=1S/C20H25N5/c1-2-7-18(8-3-1)17-24-15-13-23(14-16-24)11-6-9-19-21-20-10-4-5-12-25(20)22-19/h1-5,7-8,10,12H,6,9,11,13-17H2. The predicted octanol–water partition coefficient (Wildman–Crippen LogP) is 2.48. The molecule has 25 heavy (non-hydrogen) atoms. The van der Waals surface area contributed by atoms with Crippen LogP contribution in [0.25, 0.3) is 5.65 Å². The second kappa shape index (κ2) is 7.76. The Labute approximate surface area is 148 Å². The van der Waals surface area contributed by atoms with Gasteiger partial charge >= 0.3 is 0 Å². The van der Waals surface area contributed by atoms with E-state index < -0.39 is 0 Å². The molecule has 2 aromatic heterocycles. The van der Waals surface area contributed by atoms with Gasteiger partial charge < -0.3 is 4.90 Å². The highest BCUT2D eigenvalue weighted by Gasteiger charge is 2.16. The van der Waals surface area contributed by atoms with Crippen molar-refractivity contribution in [3.05, 3.63) is 66.1 Å². The molecule has 0 N–H and O–H groups in total. The van der Waals surface area contributed by atoms with E-state index in [1.165, 1.54) is 5.56 Å². The minimum atomic E-state index is 0.937. The molecule has 0 aliphatic carbocycles. The Bertz CT molecular complexity index is 757. The fraction of sp³-hybridized carbons (Fsp3) is 0.400. The van der Waals surface area contributed by atoms with Crippen LogP contribution in [0.4, 0.5) is 0 Å². The van der Waals surface area contributed by atoms with Crippen molar-refractivity contribution >= 4 is 5.65 Å². The van der Waals surface area contributed by atoms with Crippen molar-refractivity contribution < 1.29 is 0 Å². The van der Waals surface area contributed by atoms with E-state index in [1.807, 2.05) is 28.9 Å². The molecule has 1 aliphatic rings. The highest BCUT2D eigenvalue weighted by Crippen LogP contribution is 2.09. The summed E-state index contributed by atoms with van der Waals surface area (Å²) in [5, 5.41) is 4.53. The van der Waals surface area contributed by atoms with Crippen LogP contribution < -0.4 is 0 Å². The number of aryl methyl sites for hydroxylation is 1. The number of hydrogen-bond acceptors (Lipinski definition) is 4. The Morgan fingerprint density at radius 2 is 1.60 bits per heavy atom. The summed E-state index contributed by atoms with van der Waals surface area (Å²) in [5.41, 5.74) is 2.35. The van der Waals surface area contributed by atoms with E-state index in [2.05, 4.69) is 50.2 Å². The zero-order valence-corrected chi connectivity index (χ0v) is 14.6. The molecule has 5 nitrogen and oxygen atoms in total. The highest BCUT2D eigenvalue weighted by molar-refractivity contribution is 5.36. The summed E-state index contributed by atoms with van der Waals surface area (Å²) in [5.74, 6) is 0.953. The molecule has 0 atom stereocenters. The van der Waals surface area contributed by atoms with Crippen molar-refractivity contribution in [3.8, 4) is 0 Å². The van der Waals surface area contributed by atoms with Crippen molar-refractivity contribution in [1.29, 1.82) is 0 Å². The minimum absolute atomic E-state index is 0.937. The third-order valence-corrected chi connectivity index (χ3v) is 4.87. The zero-order valence-electron chi connectivity index (χ0n) is 14.6. The van der Waals surface area contributed by atoms with Gasteiger partial charge in [0.05, 0.1) is 0 Å². The summed E-state index contributed by atoms with van der Waals surface area (Å²) >= 11 is 0. The van der Waals surface area contributed by atoms with Crippen LogP contribution in [0.15, 0.2) is 54.7 Å². The quantitative estimate of drug-likeness (QED) is 0.693. The lowest BCUT2D eigenvalue weighted by Gasteiger charge is -2.34. The van der Waals surface area contributed by atoms with Gasteiger partial charge in [0.2, 0.25) is 0 Å². The van der Waals surface area contributed by atoms with E-state index in [0.29, 0.717) is 0 Å². The number of fused-ring (bicyclic) bond motifs is 1. The zero-order chi connectivity index (χ0) is 16.9. The second-order valence-electron chi connectivity index (χ2n) is 6.74. The number of nitrogens with zero attached hydrogens (tertiary/aromatic N) is 5. The molecular formula is C20H25N5. The normalized spacial score (nSPS) is 16.5. The third-order valence-electron chi connectivity index (χ3n) is 4.87. The van der Waals surface area contributed by atoms with Crippen LogP contribution in [-0.4, -0.2) is 57.1 Å². The maximum Gasteiger partial charge on any atom is 0.155 e. The molecule has 0 spiro atoms. The summed E-state index contributed by atoms with van der Waals surface area (Å²) < 4.78 is 1.86. The van der Waals surface area contributed by atoms with Gasteiger partial charge in [0, 0.05) is 45.3 Å². The van der Waals surface area contributed by atoms with Gasteiger partial charge in [-0.15, -0.1) is 0 Å². The van der Waals surface area contributed by atoms with Gasteiger partial charge in [-0.25, -0.2) is 9.50 Å². The Kier molecular flexibility index (Phi) is 5.04. The van der Waals surface area contributed by atoms with Gasteiger partial charge in [0.1, 0.15) is 0 Å². The molecule has 0 amide bonds. The molecule has 0 radical (unpaired) electrons. The van der Waals surface area contributed by atoms with Gasteiger partial charge in [-0.2, -0.15) is 5.10 Å². The second-order valence-corrected chi connectivity index (χ2v) is 6.74. The summed E-state index contributed by atoms with van der Waals surface area (Å²) in [6.07, 6.45) is 4.03. The van der Waals surface area contributed by atoms with Crippen LogP contribution in [0.3, 0.4) is 0 Å². The van der Waals surface area contributed by atoms with Crippen molar-refractivity contribution in [2.24, 2.45) is 0 Å². The summed E-state index contributed by atoms with van der Waals surface area (Å²) in [4.78, 5) is 9.70. The van der Waals surface area contributed by atoms with Crippen LogP contribution in [0, 0.1) is 0 Å². The molecule has 1 aliphatic heterocycles. The number of benzene rings is 1. The lowest BCUT2D eigenvalue weighted by molar-refractivity contribution is 0.126. The van der Waals surface area contributed by atoms with Gasteiger partial charge in [0.25, 0.3) is 0 Å². The van der Waals surface area contributed by atoms with E-state index in [-0.39, 0.29) is 0 Å². The molecule has 4 rings (SSSR count). The lowest BCUT2D eigenvalue weighted by atomic mass is 10.2. The molecule has 0 saturated carbocycles. The first-order valence-electron chi connectivity index (χ1n) is 9.16. The first kappa shape index (κ1) is 16.2. The molecule has 1 aromatic carbocycles. The molecule has 5 heteroatoms. The highest BCUT2D eigenvalue weighted by atomic mass is 15.3. The van der Waals surface area contributed by atoms with Crippen LogP contribution >= 0.6 is 0 Å². The Hall–Kier alpha value is -2.24. The fourth-order valence-corrected chi connectivity index (χ4v) is 3.46. The smallest absolute Gasteiger partial charge is 0.155 e. The molecule has 1 saturated heterocycles. The van der Waals surface area contributed by atoms with E-state index >= 15 is 0 Å². The van der Waals surface area contributed by atoms with Crippen LogP contribution in [0.1, 0.15) is 17.8 Å². The molecular weight excluding hydrogens is 310 g/mol. The first-order valence-corrected chi connectivity index (χ1v) is 9.16. The molecule has 130 valence electrons. The topological polar surface area (TPSA) is 36.7 Å². The predicted molar refractivity (Wildman–Crippen MR) is 99.5 cm³/mol. The van der Waals surface area contributed by atoms with Crippen molar-refractivity contribution in [1.82, 2.24) is 24.4 Å². The first-order chi connectivity index (χ1) is 12.4. The fourth-order valence-electron chi connectivity index (χ4n) is 3.46. The van der Waals surface area contributed by atoms with Crippen molar-refractivity contribution in [2.45, 2.75) is 19.4 Å². The molecule has 0 bridgehead atoms. The number of hydrogen-bond donors (Lipinski definition) is 0.